The maximum Gasteiger partial charge on any atom is 0.231 e. The Balaban J connectivity index is 1.73. The molecule has 1 saturated heterocycles. The molecule has 0 amide bonds. The molecule has 4 nitrogen and oxygen atoms in total. The highest BCUT2D eigenvalue weighted by Crippen LogP contribution is 2.33. The Morgan fingerprint density at radius 1 is 1.18 bits per heavy atom. The van der Waals surface area contributed by atoms with E-state index in [1.165, 1.54) is 32.1 Å². The van der Waals surface area contributed by atoms with Gasteiger partial charge in [0.15, 0.2) is 5.82 Å². The summed E-state index contributed by atoms with van der Waals surface area (Å²) in [6.07, 6.45) is 7.58. The van der Waals surface area contributed by atoms with E-state index in [9.17, 15) is 0 Å². The van der Waals surface area contributed by atoms with Crippen molar-refractivity contribution < 1.29 is 4.52 Å². The topological polar surface area (TPSA) is 51.0 Å². The fraction of sp³-hybridized carbons (Fsp3) is 0.846. The van der Waals surface area contributed by atoms with E-state index in [4.69, 9.17) is 4.52 Å². The molecule has 1 saturated carbocycles. The monoisotopic (exact) mass is 235 g/mol. The van der Waals surface area contributed by atoms with E-state index >= 15 is 0 Å². The zero-order valence-corrected chi connectivity index (χ0v) is 10.5. The van der Waals surface area contributed by atoms with Gasteiger partial charge in [0.25, 0.3) is 0 Å². The van der Waals surface area contributed by atoms with Crippen molar-refractivity contribution in [3.8, 4) is 0 Å². The lowest BCUT2D eigenvalue weighted by Gasteiger charge is -2.17. The molecule has 1 aliphatic carbocycles. The van der Waals surface area contributed by atoms with E-state index in [1.54, 1.807) is 0 Å². The molecule has 1 aliphatic heterocycles. The Hall–Kier alpha value is -0.900. The summed E-state index contributed by atoms with van der Waals surface area (Å²) in [5.74, 6) is 2.77. The molecule has 2 fully saturated rings. The first-order valence-electron chi connectivity index (χ1n) is 6.91. The van der Waals surface area contributed by atoms with Crippen LogP contribution in [0.1, 0.15) is 69.0 Å². The molecule has 1 aromatic rings. The fourth-order valence-corrected chi connectivity index (χ4v) is 3.12. The molecule has 94 valence electrons. The zero-order valence-electron chi connectivity index (χ0n) is 10.5. The van der Waals surface area contributed by atoms with Gasteiger partial charge in [-0.1, -0.05) is 24.4 Å². The quantitative estimate of drug-likeness (QED) is 0.856. The molecule has 0 aromatic carbocycles. The molecular weight excluding hydrogens is 214 g/mol. The zero-order chi connectivity index (χ0) is 11.7. The highest BCUT2D eigenvalue weighted by atomic mass is 16.5. The SMILES string of the molecule is CC1NCCC1c1nc(C2CCCCC2)no1. The third kappa shape index (κ3) is 2.23. The van der Waals surface area contributed by atoms with Crippen LogP contribution in [0.2, 0.25) is 0 Å². The third-order valence-corrected chi connectivity index (χ3v) is 4.27. The summed E-state index contributed by atoms with van der Waals surface area (Å²) in [6, 6.07) is 0.467. The molecule has 4 heteroatoms. The van der Waals surface area contributed by atoms with Gasteiger partial charge in [0.05, 0.1) is 5.92 Å². The van der Waals surface area contributed by atoms with Crippen molar-refractivity contribution >= 4 is 0 Å². The second-order valence-electron chi connectivity index (χ2n) is 5.46. The molecule has 17 heavy (non-hydrogen) atoms. The highest BCUT2D eigenvalue weighted by molar-refractivity contribution is 5.04. The first-order valence-corrected chi connectivity index (χ1v) is 6.91. The molecule has 2 heterocycles. The van der Waals surface area contributed by atoms with Crippen molar-refractivity contribution in [3.63, 3.8) is 0 Å². The van der Waals surface area contributed by atoms with E-state index in [2.05, 4.69) is 22.4 Å². The minimum Gasteiger partial charge on any atom is -0.339 e. The van der Waals surface area contributed by atoms with Gasteiger partial charge in [0, 0.05) is 12.0 Å². The minimum atomic E-state index is 0.417. The van der Waals surface area contributed by atoms with Crippen LogP contribution in [-0.4, -0.2) is 22.7 Å². The summed E-state index contributed by atoms with van der Waals surface area (Å²) in [5, 5.41) is 7.63. The van der Waals surface area contributed by atoms with Crippen LogP contribution in [0.3, 0.4) is 0 Å². The Labute approximate surface area is 102 Å². The predicted octanol–water partition coefficient (Wildman–Crippen LogP) is 2.58. The van der Waals surface area contributed by atoms with Crippen molar-refractivity contribution in [1.29, 1.82) is 0 Å². The van der Waals surface area contributed by atoms with Crippen molar-refractivity contribution in [1.82, 2.24) is 15.5 Å². The van der Waals surface area contributed by atoms with E-state index in [-0.39, 0.29) is 0 Å². The van der Waals surface area contributed by atoms with E-state index in [1.807, 2.05) is 0 Å². The van der Waals surface area contributed by atoms with E-state index < -0.39 is 0 Å². The van der Waals surface area contributed by atoms with Gasteiger partial charge < -0.3 is 9.84 Å². The summed E-state index contributed by atoms with van der Waals surface area (Å²) < 4.78 is 5.47. The van der Waals surface area contributed by atoms with E-state index in [0.717, 1.165) is 24.7 Å². The van der Waals surface area contributed by atoms with Gasteiger partial charge in [-0.05, 0) is 32.7 Å². The Bertz CT molecular complexity index is 370. The van der Waals surface area contributed by atoms with Crippen LogP contribution >= 0.6 is 0 Å². The predicted molar refractivity (Wildman–Crippen MR) is 64.9 cm³/mol. The molecule has 1 aromatic heterocycles. The number of hydrogen-bond acceptors (Lipinski definition) is 4. The number of rotatable bonds is 2. The summed E-state index contributed by atoms with van der Waals surface area (Å²) in [5.41, 5.74) is 0. The molecule has 1 N–H and O–H groups in total. The molecule has 0 bridgehead atoms. The van der Waals surface area contributed by atoms with Crippen LogP contribution < -0.4 is 5.32 Å². The van der Waals surface area contributed by atoms with Gasteiger partial charge in [-0.15, -0.1) is 0 Å². The van der Waals surface area contributed by atoms with Crippen LogP contribution in [0.4, 0.5) is 0 Å². The maximum atomic E-state index is 5.47. The molecule has 3 rings (SSSR count). The summed E-state index contributed by atoms with van der Waals surface area (Å²) in [7, 11) is 0. The van der Waals surface area contributed by atoms with Crippen LogP contribution in [0.5, 0.6) is 0 Å². The van der Waals surface area contributed by atoms with Crippen molar-refractivity contribution in [3.05, 3.63) is 11.7 Å². The van der Waals surface area contributed by atoms with Gasteiger partial charge in [0.2, 0.25) is 5.89 Å². The summed E-state index contributed by atoms with van der Waals surface area (Å²) >= 11 is 0. The first kappa shape index (κ1) is 11.2. The minimum absolute atomic E-state index is 0.417. The van der Waals surface area contributed by atoms with Crippen molar-refractivity contribution in [2.45, 2.75) is 63.3 Å². The highest BCUT2D eigenvalue weighted by Gasteiger charge is 2.30. The van der Waals surface area contributed by atoms with Gasteiger partial charge in [-0.25, -0.2) is 0 Å². The van der Waals surface area contributed by atoms with E-state index in [0.29, 0.717) is 17.9 Å². The molecule has 2 aliphatic rings. The van der Waals surface area contributed by atoms with Gasteiger partial charge in [-0.3, -0.25) is 0 Å². The summed E-state index contributed by atoms with van der Waals surface area (Å²) in [6.45, 7) is 3.26. The Morgan fingerprint density at radius 3 is 2.71 bits per heavy atom. The fourth-order valence-electron chi connectivity index (χ4n) is 3.12. The van der Waals surface area contributed by atoms with Gasteiger partial charge >= 0.3 is 0 Å². The average Bonchev–Trinajstić information content (AvgIpc) is 2.98. The van der Waals surface area contributed by atoms with Crippen LogP contribution in [0.25, 0.3) is 0 Å². The van der Waals surface area contributed by atoms with Crippen molar-refractivity contribution in [2.75, 3.05) is 6.54 Å². The lowest BCUT2D eigenvalue weighted by molar-refractivity contribution is 0.334. The van der Waals surface area contributed by atoms with Gasteiger partial charge in [0.1, 0.15) is 0 Å². The number of aromatic nitrogens is 2. The van der Waals surface area contributed by atoms with Crippen LogP contribution in [-0.2, 0) is 0 Å². The largest absolute Gasteiger partial charge is 0.339 e. The summed E-state index contributed by atoms with van der Waals surface area (Å²) in [4.78, 5) is 4.65. The second-order valence-corrected chi connectivity index (χ2v) is 5.46. The number of hydrogen-bond donors (Lipinski definition) is 1. The first-order chi connectivity index (χ1) is 8.34. The lowest BCUT2D eigenvalue weighted by atomic mass is 9.89. The smallest absolute Gasteiger partial charge is 0.231 e. The third-order valence-electron chi connectivity index (χ3n) is 4.27. The molecule has 0 spiro atoms. The normalized spacial score (nSPS) is 30.9. The van der Waals surface area contributed by atoms with Gasteiger partial charge in [-0.2, -0.15) is 4.98 Å². The Morgan fingerprint density at radius 2 is 2.00 bits per heavy atom. The van der Waals surface area contributed by atoms with Crippen LogP contribution in [0.15, 0.2) is 4.52 Å². The number of nitrogens with one attached hydrogen (secondary N) is 1. The molecule has 2 unspecified atom stereocenters. The van der Waals surface area contributed by atoms with Crippen molar-refractivity contribution in [2.24, 2.45) is 0 Å². The maximum absolute atomic E-state index is 5.47. The molecule has 2 atom stereocenters. The second kappa shape index (κ2) is 4.77. The molecule has 0 radical (unpaired) electrons. The lowest BCUT2D eigenvalue weighted by Crippen LogP contribution is -2.21. The standard InChI is InChI=1S/C13H21N3O/c1-9-11(7-8-14-9)13-15-12(16-17-13)10-5-3-2-4-6-10/h9-11,14H,2-8H2,1H3. The Kier molecular flexibility index (Phi) is 3.14. The average molecular weight is 235 g/mol. The van der Waals surface area contributed by atoms with Crippen LogP contribution in [0, 0.1) is 0 Å². The molecular formula is C13H21N3O. The number of nitrogens with zero attached hydrogens (tertiary/aromatic N) is 2.